The number of hydrogen-bond acceptors (Lipinski definition) is 3. The molecule has 0 fully saturated rings. The third kappa shape index (κ3) is 2.67. The predicted molar refractivity (Wildman–Crippen MR) is 78.1 cm³/mol. The molecule has 0 spiro atoms. The van der Waals surface area contributed by atoms with Crippen molar-refractivity contribution >= 4 is 11.0 Å². The van der Waals surface area contributed by atoms with E-state index in [0.29, 0.717) is 6.42 Å². The highest BCUT2D eigenvalue weighted by atomic mass is 16.3. The molecule has 0 aliphatic rings. The lowest BCUT2D eigenvalue weighted by molar-refractivity contribution is -0.0291. The van der Waals surface area contributed by atoms with Crippen molar-refractivity contribution in [2.45, 2.75) is 25.9 Å². The SMILES string of the molecule is CC[C@](O)(c1ccc2ccoc2c1)[C@H](C)CN(C)C. The van der Waals surface area contributed by atoms with Gasteiger partial charge in [-0.15, -0.1) is 0 Å². The van der Waals surface area contributed by atoms with E-state index in [1.165, 1.54) is 0 Å². The summed E-state index contributed by atoms with van der Waals surface area (Å²) in [4.78, 5) is 2.11. The van der Waals surface area contributed by atoms with Crippen molar-refractivity contribution in [2.24, 2.45) is 5.92 Å². The normalized spacial score (nSPS) is 16.7. The van der Waals surface area contributed by atoms with Crippen LogP contribution >= 0.6 is 0 Å². The van der Waals surface area contributed by atoms with E-state index in [0.717, 1.165) is 23.1 Å². The fraction of sp³-hybridized carbons (Fsp3) is 0.500. The average molecular weight is 261 g/mol. The van der Waals surface area contributed by atoms with Crippen molar-refractivity contribution in [3.8, 4) is 0 Å². The number of aliphatic hydroxyl groups is 1. The first-order chi connectivity index (χ1) is 8.97. The Kier molecular flexibility index (Phi) is 3.97. The summed E-state index contributed by atoms with van der Waals surface area (Å²) in [6, 6.07) is 7.92. The van der Waals surface area contributed by atoms with Gasteiger partial charge in [0.25, 0.3) is 0 Å². The van der Waals surface area contributed by atoms with E-state index in [4.69, 9.17) is 4.42 Å². The molecule has 1 heterocycles. The van der Waals surface area contributed by atoms with Crippen LogP contribution in [-0.4, -0.2) is 30.6 Å². The first-order valence-corrected chi connectivity index (χ1v) is 6.82. The molecule has 1 aromatic carbocycles. The monoisotopic (exact) mass is 261 g/mol. The molecule has 0 radical (unpaired) electrons. The molecule has 0 saturated heterocycles. The molecule has 0 amide bonds. The van der Waals surface area contributed by atoms with E-state index in [1.54, 1.807) is 6.26 Å². The second-order valence-electron chi connectivity index (χ2n) is 5.61. The van der Waals surface area contributed by atoms with Gasteiger partial charge in [-0.05, 0) is 38.2 Å². The smallest absolute Gasteiger partial charge is 0.134 e. The van der Waals surface area contributed by atoms with Gasteiger partial charge in [0.15, 0.2) is 0 Å². The van der Waals surface area contributed by atoms with E-state index in [9.17, 15) is 5.11 Å². The first-order valence-electron chi connectivity index (χ1n) is 6.82. The molecule has 3 heteroatoms. The zero-order valence-corrected chi connectivity index (χ0v) is 12.2. The Morgan fingerprint density at radius 3 is 2.68 bits per heavy atom. The lowest BCUT2D eigenvalue weighted by atomic mass is 9.80. The van der Waals surface area contributed by atoms with E-state index >= 15 is 0 Å². The third-order valence-corrected chi connectivity index (χ3v) is 3.95. The molecule has 1 aromatic heterocycles. The summed E-state index contributed by atoms with van der Waals surface area (Å²) in [7, 11) is 4.06. The second kappa shape index (κ2) is 5.35. The van der Waals surface area contributed by atoms with E-state index in [2.05, 4.69) is 11.8 Å². The van der Waals surface area contributed by atoms with Crippen molar-refractivity contribution in [1.82, 2.24) is 4.90 Å². The maximum Gasteiger partial charge on any atom is 0.134 e. The molecule has 19 heavy (non-hydrogen) atoms. The Bertz CT molecular complexity index is 546. The van der Waals surface area contributed by atoms with Crippen LogP contribution in [0.15, 0.2) is 34.9 Å². The molecule has 0 aliphatic carbocycles. The number of benzene rings is 1. The Labute approximate surface area is 114 Å². The Balaban J connectivity index is 2.38. The molecule has 104 valence electrons. The number of furan rings is 1. The molecule has 0 unspecified atom stereocenters. The zero-order valence-electron chi connectivity index (χ0n) is 12.2. The van der Waals surface area contributed by atoms with Gasteiger partial charge in [0, 0.05) is 17.8 Å². The molecule has 0 aliphatic heterocycles. The predicted octanol–water partition coefficient (Wildman–Crippen LogP) is 3.23. The molecule has 3 nitrogen and oxygen atoms in total. The van der Waals surface area contributed by atoms with E-state index in [-0.39, 0.29) is 5.92 Å². The first kappa shape index (κ1) is 14.1. The summed E-state index contributed by atoms with van der Waals surface area (Å²) in [5, 5.41) is 12.1. The number of nitrogens with zero attached hydrogens (tertiary/aromatic N) is 1. The summed E-state index contributed by atoms with van der Waals surface area (Å²) in [5.74, 6) is 0.153. The summed E-state index contributed by atoms with van der Waals surface area (Å²) in [6.07, 6.45) is 2.37. The van der Waals surface area contributed by atoms with Gasteiger partial charge in [0.2, 0.25) is 0 Å². The van der Waals surface area contributed by atoms with Gasteiger partial charge in [-0.2, -0.15) is 0 Å². The van der Waals surface area contributed by atoms with Crippen molar-refractivity contribution in [3.63, 3.8) is 0 Å². The largest absolute Gasteiger partial charge is 0.464 e. The van der Waals surface area contributed by atoms with Crippen LogP contribution in [-0.2, 0) is 5.60 Å². The van der Waals surface area contributed by atoms with Crippen molar-refractivity contribution in [3.05, 3.63) is 36.1 Å². The van der Waals surface area contributed by atoms with Gasteiger partial charge in [-0.3, -0.25) is 0 Å². The zero-order chi connectivity index (χ0) is 14.0. The van der Waals surface area contributed by atoms with Gasteiger partial charge >= 0.3 is 0 Å². The van der Waals surface area contributed by atoms with Crippen LogP contribution in [0.3, 0.4) is 0 Å². The molecule has 2 rings (SSSR count). The molecule has 0 bridgehead atoms. The average Bonchev–Trinajstić information content (AvgIpc) is 2.83. The van der Waals surface area contributed by atoms with Gasteiger partial charge in [-0.1, -0.05) is 26.0 Å². The highest BCUT2D eigenvalue weighted by molar-refractivity contribution is 5.77. The summed E-state index contributed by atoms with van der Waals surface area (Å²) >= 11 is 0. The van der Waals surface area contributed by atoms with Crippen LogP contribution in [0.5, 0.6) is 0 Å². The van der Waals surface area contributed by atoms with Gasteiger partial charge in [0.1, 0.15) is 5.58 Å². The van der Waals surface area contributed by atoms with E-state index in [1.807, 2.05) is 45.3 Å². The molecule has 2 atom stereocenters. The molecule has 1 N–H and O–H groups in total. The Morgan fingerprint density at radius 2 is 2.05 bits per heavy atom. The van der Waals surface area contributed by atoms with Gasteiger partial charge in [-0.25, -0.2) is 0 Å². The summed E-state index contributed by atoms with van der Waals surface area (Å²) in [5.41, 5.74) is 0.957. The summed E-state index contributed by atoms with van der Waals surface area (Å²) < 4.78 is 5.44. The lowest BCUT2D eigenvalue weighted by Crippen LogP contribution is -2.38. The molecular weight excluding hydrogens is 238 g/mol. The quantitative estimate of drug-likeness (QED) is 0.897. The Morgan fingerprint density at radius 1 is 1.32 bits per heavy atom. The highest BCUT2D eigenvalue weighted by Crippen LogP contribution is 2.35. The fourth-order valence-corrected chi connectivity index (χ4v) is 2.76. The maximum atomic E-state index is 11.0. The van der Waals surface area contributed by atoms with Crippen LogP contribution in [0.1, 0.15) is 25.8 Å². The minimum atomic E-state index is -0.814. The molecule has 2 aromatic rings. The fourth-order valence-electron chi connectivity index (χ4n) is 2.76. The molecular formula is C16H23NO2. The standard InChI is InChI=1S/C16H23NO2/c1-5-16(18,12(2)11-17(3)4)14-7-6-13-8-9-19-15(13)10-14/h6-10,12,18H,5,11H2,1-4H3/t12-,16-/m1/s1. The van der Waals surface area contributed by atoms with Crippen LogP contribution in [0.2, 0.25) is 0 Å². The van der Waals surface area contributed by atoms with Gasteiger partial charge < -0.3 is 14.4 Å². The van der Waals surface area contributed by atoms with E-state index < -0.39 is 5.60 Å². The second-order valence-corrected chi connectivity index (χ2v) is 5.61. The van der Waals surface area contributed by atoms with Crippen molar-refractivity contribution in [2.75, 3.05) is 20.6 Å². The Hall–Kier alpha value is -1.32. The number of hydrogen-bond donors (Lipinski definition) is 1. The van der Waals surface area contributed by atoms with Crippen LogP contribution in [0.4, 0.5) is 0 Å². The third-order valence-electron chi connectivity index (χ3n) is 3.95. The summed E-state index contributed by atoms with van der Waals surface area (Å²) in [6.45, 7) is 4.97. The lowest BCUT2D eigenvalue weighted by Gasteiger charge is -2.35. The van der Waals surface area contributed by atoms with Crippen molar-refractivity contribution < 1.29 is 9.52 Å². The topological polar surface area (TPSA) is 36.6 Å². The highest BCUT2D eigenvalue weighted by Gasteiger charge is 2.34. The van der Waals surface area contributed by atoms with Crippen LogP contribution in [0, 0.1) is 5.92 Å². The van der Waals surface area contributed by atoms with Crippen LogP contribution in [0.25, 0.3) is 11.0 Å². The molecule has 0 saturated carbocycles. The number of rotatable bonds is 5. The minimum Gasteiger partial charge on any atom is -0.464 e. The number of fused-ring (bicyclic) bond motifs is 1. The van der Waals surface area contributed by atoms with Crippen LogP contribution < -0.4 is 0 Å². The minimum absolute atomic E-state index is 0.153. The van der Waals surface area contributed by atoms with Gasteiger partial charge in [0.05, 0.1) is 11.9 Å². The maximum absolute atomic E-state index is 11.0. The van der Waals surface area contributed by atoms with Crippen molar-refractivity contribution in [1.29, 1.82) is 0 Å².